The van der Waals surface area contributed by atoms with Crippen LogP contribution in [-0.4, -0.2) is 24.3 Å². The minimum atomic E-state index is 0.280. The fourth-order valence-corrected chi connectivity index (χ4v) is 2.29. The molecule has 2 atom stereocenters. The van der Waals surface area contributed by atoms with Gasteiger partial charge >= 0.3 is 0 Å². The molecular weight excluding hydrogens is 210 g/mol. The van der Waals surface area contributed by atoms with Crippen LogP contribution in [0.5, 0.6) is 0 Å². The van der Waals surface area contributed by atoms with Crippen molar-refractivity contribution in [3.05, 3.63) is 35.9 Å². The molecule has 0 aromatic heterocycles. The van der Waals surface area contributed by atoms with Crippen molar-refractivity contribution in [2.24, 2.45) is 5.92 Å². The highest BCUT2D eigenvalue weighted by Gasteiger charge is 2.22. The normalized spacial score (nSPS) is 18.9. The highest BCUT2D eigenvalue weighted by atomic mass is 16.3. The molecule has 17 heavy (non-hydrogen) atoms. The monoisotopic (exact) mass is 233 g/mol. The number of hydrogen-bond donors (Lipinski definition) is 2. The second kappa shape index (κ2) is 6.18. The van der Waals surface area contributed by atoms with Gasteiger partial charge in [-0.15, -0.1) is 0 Å². The van der Waals surface area contributed by atoms with E-state index < -0.39 is 0 Å². The Bertz CT molecular complexity index is 321. The molecule has 94 valence electrons. The number of benzene rings is 1. The molecule has 2 unspecified atom stereocenters. The van der Waals surface area contributed by atoms with E-state index in [2.05, 4.69) is 36.5 Å². The lowest BCUT2D eigenvalue weighted by atomic mass is 9.86. The summed E-state index contributed by atoms with van der Waals surface area (Å²) in [5, 5.41) is 13.0. The fourth-order valence-electron chi connectivity index (χ4n) is 2.29. The lowest BCUT2D eigenvalue weighted by molar-refractivity contribution is 0.199. The maximum Gasteiger partial charge on any atom is 0.0465 e. The number of aliphatic hydroxyl groups excluding tert-OH is 1. The van der Waals surface area contributed by atoms with Gasteiger partial charge in [0.25, 0.3) is 0 Å². The average Bonchev–Trinajstić information content (AvgIpc) is 3.19. The molecule has 0 bridgehead atoms. The van der Waals surface area contributed by atoms with E-state index in [0.717, 1.165) is 19.0 Å². The van der Waals surface area contributed by atoms with Gasteiger partial charge in [0.05, 0.1) is 0 Å². The Hall–Kier alpha value is -0.860. The van der Waals surface area contributed by atoms with Crippen molar-refractivity contribution < 1.29 is 5.11 Å². The predicted octanol–water partition coefficient (Wildman–Crippen LogP) is 2.54. The summed E-state index contributed by atoms with van der Waals surface area (Å²) in [5.41, 5.74) is 1.33. The third-order valence-corrected chi connectivity index (χ3v) is 3.79. The van der Waals surface area contributed by atoms with Crippen LogP contribution in [0.15, 0.2) is 30.3 Å². The lowest BCUT2D eigenvalue weighted by Gasteiger charge is -2.22. The zero-order valence-corrected chi connectivity index (χ0v) is 10.6. The Balaban J connectivity index is 1.83. The Morgan fingerprint density at radius 1 is 1.29 bits per heavy atom. The maximum absolute atomic E-state index is 9.51. The van der Waals surface area contributed by atoms with E-state index in [-0.39, 0.29) is 6.61 Å². The maximum atomic E-state index is 9.51. The molecule has 0 heterocycles. The van der Waals surface area contributed by atoms with Crippen molar-refractivity contribution in [3.8, 4) is 0 Å². The summed E-state index contributed by atoms with van der Waals surface area (Å²) < 4.78 is 0. The molecule has 0 amide bonds. The number of aliphatic hydroxyl groups is 1. The first-order valence-corrected chi connectivity index (χ1v) is 6.70. The van der Waals surface area contributed by atoms with Gasteiger partial charge in [0, 0.05) is 12.6 Å². The van der Waals surface area contributed by atoms with Gasteiger partial charge in [-0.25, -0.2) is 0 Å². The van der Waals surface area contributed by atoms with Crippen LogP contribution in [0, 0.1) is 5.92 Å². The van der Waals surface area contributed by atoms with E-state index in [9.17, 15) is 5.11 Å². The molecule has 1 saturated carbocycles. The van der Waals surface area contributed by atoms with Crippen LogP contribution >= 0.6 is 0 Å². The minimum absolute atomic E-state index is 0.280. The summed E-state index contributed by atoms with van der Waals surface area (Å²) in [6.07, 6.45) is 3.72. The quantitative estimate of drug-likeness (QED) is 0.758. The van der Waals surface area contributed by atoms with Gasteiger partial charge < -0.3 is 10.4 Å². The van der Waals surface area contributed by atoms with Gasteiger partial charge in [0.1, 0.15) is 0 Å². The van der Waals surface area contributed by atoms with Gasteiger partial charge in [-0.2, -0.15) is 0 Å². The largest absolute Gasteiger partial charge is 0.396 e. The topological polar surface area (TPSA) is 32.3 Å². The molecule has 1 aromatic carbocycles. The molecule has 2 N–H and O–H groups in total. The van der Waals surface area contributed by atoms with Crippen LogP contribution in [0.25, 0.3) is 0 Å². The summed E-state index contributed by atoms with van der Waals surface area (Å²) >= 11 is 0. The van der Waals surface area contributed by atoms with Gasteiger partial charge in [-0.3, -0.25) is 0 Å². The highest BCUT2D eigenvalue weighted by molar-refractivity contribution is 5.19. The molecule has 1 aliphatic carbocycles. The molecule has 2 heteroatoms. The van der Waals surface area contributed by atoms with E-state index in [4.69, 9.17) is 0 Å². The van der Waals surface area contributed by atoms with Crippen molar-refractivity contribution in [3.63, 3.8) is 0 Å². The first-order valence-electron chi connectivity index (χ1n) is 6.70. The lowest BCUT2D eigenvalue weighted by Crippen LogP contribution is -2.24. The molecule has 2 rings (SSSR count). The molecular formula is C15H23NO. The van der Waals surface area contributed by atoms with Gasteiger partial charge in [-0.05, 0) is 43.2 Å². The van der Waals surface area contributed by atoms with Crippen molar-refractivity contribution in [2.45, 2.75) is 38.1 Å². The fraction of sp³-hybridized carbons (Fsp3) is 0.600. The summed E-state index contributed by atoms with van der Waals surface area (Å²) in [6.45, 7) is 3.53. The number of nitrogens with one attached hydrogen (secondary N) is 1. The van der Waals surface area contributed by atoms with Crippen LogP contribution in [0.2, 0.25) is 0 Å². The number of rotatable bonds is 7. The van der Waals surface area contributed by atoms with Crippen LogP contribution < -0.4 is 5.32 Å². The Labute approximate surface area is 104 Å². The zero-order chi connectivity index (χ0) is 12.1. The molecule has 1 fully saturated rings. The summed E-state index contributed by atoms with van der Waals surface area (Å²) in [5.74, 6) is 0.797. The molecule has 0 aliphatic heterocycles. The van der Waals surface area contributed by atoms with Crippen LogP contribution in [0.4, 0.5) is 0 Å². The van der Waals surface area contributed by atoms with Crippen molar-refractivity contribution in [2.75, 3.05) is 13.2 Å². The van der Waals surface area contributed by atoms with Crippen molar-refractivity contribution >= 4 is 0 Å². The van der Waals surface area contributed by atoms with E-state index in [1.165, 1.54) is 18.4 Å². The van der Waals surface area contributed by atoms with Crippen molar-refractivity contribution in [1.29, 1.82) is 0 Å². The molecule has 0 radical (unpaired) electrons. The highest BCUT2D eigenvalue weighted by Crippen LogP contribution is 2.26. The van der Waals surface area contributed by atoms with Crippen LogP contribution in [0.3, 0.4) is 0 Å². The second-order valence-electron chi connectivity index (χ2n) is 5.16. The SMILES string of the molecule is CC(c1ccccc1)C(CO)CCNC1CC1. The molecule has 1 aliphatic rings. The first-order chi connectivity index (χ1) is 8.31. The Morgan fingerprint density at radius 3 is 2.59 bits per heavy atom. The third-order valence-electron chi connectivity index (χ3n) is 3.79. The molecule has 2 nitrogen and oxygen atoms in total. The van der Waals surface area contributed by atoms with Crippen LogP contribution in [-0.2, 0) is 0 Å². The summed E-state index contributed by atoms with van der Waals surface area (Å²) in [6, 6.07) is 11.3. The van der Waals surface area contributed by atoms with Gasteiger partial charge in [0.15, 0.2) is 0 Å². The summed E-state index contributed by atoms with van der Waals surface area (Å²) in [4.78, 5) is 0. The predicted molar refractivity (Wildman–Crippen MR) is 71.1 cm³/mol. The third kappa shape index (κ3) is 3.83. The average molecular weight is 233 g/mol. The van der Waals surface area contributed by atoms with Crippen molar-refractivity contribution in [1.82, 2.24) is 5.32 Å². The first kappa shape index (κ1) is 12.6. The smallest absolute Gasteiger partial charge is 0.0465 e. The Morgan fingerprint density at radius 2 is 2.00 bits per heavy atom. The van der Waals surface area contributed by atoms with Gasteiger partial charge in [0.2, 0.25) is 0 Å². The van der Waals surface area contributed by atoms with E-state index in [1.807, 2.05) is 6.07 Å². The Kier molecular flexibility index (Phi) is 4.57. The van der Waals surface area contributed by atoms with E-state index in [0.29, 0.717) is 11.8 Å². The second-order valence-corrected chi connectivity index (χ2v) is 5.16. The van der Waals surface area contributed by atoms with Crippen LogP contribution in [0.1, 0.15) is 37.7 Å². The minimum Gasteiger partial charge on any atom is -0.396 e. The molecule has 0 saturated heterocycles. The van der Waals surface area contributed by atoms with E-state index >= 15 is 0 Å². The standard InChI is InChI=1S/C15H23NO/c1-12(13-5-3-2-4-6-13)14(11-17)9-10-16-15-7-8-15/h2-6,12,14-17H,7-11H2,1H3. The molecule has 0 spiro atoms. The van der Waals surface area contributed by atoms with E-state index in [1.54, 1.807) is 0 Å². The zero-order valence-electron chi connectivity index (χ0n) is 10.6. The molecule has 1 aromatic rings. The number of hydrogen-bond acceptors (Lipinski definition) is 2. The summed E-state index contributed by atoms with van der Waals surface area (Å²) in [7, 11) is 0. The van der Waals surface area contributed by atoms with Gasteiger partial charge in [-0.1, -0.05) is 37.3 Å².